The number of nitrogens with zero attached hydrogens (tertiary/aromatic N) is 3. The van der Waals surface area contributed by atoms with E-state index in [0.29, 0.717) is 21.8 Å². The molecule has 2 heterocycles. The molecule has 0 saturated carbocycles. The van der Waals surface area contributed by atoms with Crippen molar-refractivity contribution in [3.05, 3.63) is 63.7 Å². The molecule has 0 N–H and O–H groups in total. The Morgan fingerprint density at radius 1 is 1.00 bits per heavy atom. The van der Waals surface area contributed by atoms with Crippen molar-refractivity contribution in [3.63, 3.8) is 0 Å². The highest BCUT2D eigenvalue weighted by molar-refractivity contribution is 6.36. The summed E-state index contributed by atoms with van der Waals surface area (Å²) in [6.07, 6.45) is -0.144. The number of hydrazone groups is 1. The van der Waals surface area contributed by atoms with Crippen molar-refractivity contribution in [2.24, 2.45) is 5.10 Å². The van der Waals surface area contributed by atoms with E-state index in [0.717, 1.165) is 16.0 Å². The highest BCUT2D eigenvalue weighted by Crippen LogP contribution is 2.34. The van der Waals surface area contributed by atoms with Crippen LogP contribution in [0.2, 0.25) is 5.02 Å². The third kappa shape index (κ3) is 2.34. The summed E-state index contributed by atoms with van der Waals surface area (Å²) in [4.78, 5) is 38.7. The van der Waals surface area contributed by atoms with Crippen molar-refractivity contribution in [3.8, 4) is 0 Å². The molecule has 0 atom stereocenters. The fourth-order valence-corrected chi connectivity index (χ4v) is 3.72. The normalized spacial score (nSPS) is 16.4. The van der Waals surface area contributed by atoms with Gasteiger partial charge in [-0.25, -0.2) is 4.90 Å². The fourth-order valence-electron chi connectivity index (χ4n) is 3.32. The molecule has 0 aliphatic carbocycles. The molecule has 2 aliphatic rings. The summed E-state index contributed by atoms with van der Waals surface area (Å²) in [5.74, 6) is -1.17. The molecule has 0 bridgehead atoms. The molecular formula is C19H14ClN3O3. The summed E-state index contributed by atoms with van der Waals surface area (Å²) >= 11 is 6.31. The van der Waals surface area contributed by atoms with Crippen molar-refractivity contribution >= 4 is 40.8 Å². The number of carbonyl (C=O) groups is 3. The largest absolute Gasteiger partial charge is 0.272 e. The van der Waals surface area contributed by atoms with Crippen molar-refractivity contribution in [1.82, 2.24) is 4.90 Å². The van der Waals surface area contributed by atoms with Gasteiger partial charge in [0.05, 0.1) is 28.3 Å². The summed E-state index contributed by atoms with van der Waals surface area (Å²) in [7, 11) is 0. The molecule has 2 aliphatic heterocycles. The zero-order valence-corrected chi connectivity index (χ0v) is 14.9. The van der Waals surface area contributed by atoms with Crippen LogP contribution in [0.4, 0.5) is 5.69 Å². The number of halogens is 1. The zero-order chi connectivity index (χ0) is 18.6. The Morgan fingerprint density at radius 2 is 1.62 bits per heavy atom. The smallest absolute Gasteiger partial charge is 0.267 e. The van der Waals surface area contributed by atoms with Gasteiger partial charge >= 0.3 is 0 Å². The number of aryl methyl sites for hydroxylation is 2. The minimum Gasteiger partial charge on any atom is -0.272 e. The van der Waals surface area contributed by atoms with Crippen LogP contribution in [0, 0.1) is 13.8 Å². The predicted molar refractivity (Wildman–Crippen MR) is 97.4 cm³/mol. The molecule has 4 rings (SSSR count). The molecule has 7 heteroatoms. The lowest BCUT2D eigenvalue weighted by atomic mass is 10.1. The number of anilines is 1. The van der Waals surface area contributed by atoms with Crippen LogP contribution >= 0.6 is 11.6 Å². The molecule has 0 radical (unpaired) electrons. The number of amidine groups is 1. The number of hydrogen-bond donors (Lipinski definition) is 0. The molecule has 0 aromatic heterocycles. The van der Waals surface area contributed by atoms with E-state index < -0.39 is 11.8 Å². The molecule has 0 fully saturated rings. The van der Waals surface area contributed by atoms with Gasteiger partial charge in [0.1, 0.15) is 5.84 Å². The van der Waals surface area contributed by atoms with E-state index in [1.165, 1.54) is 5.01 Å². The molecule has 0 saturated heterocycles. The summed E-state index contributed by atoms with van der Waals surface area (Å²) in [5, 5.41) is 5.83. The van der Waals surface area contributed by atoms with Crippen molar-refractivity contribution in [2.45, 2.75) is 20.3 Å². The van der Waals surface area contributed by atoms with Crippen molar-refractivity contribution in [2.75, 3.05) is 5.01 Å². The highest BCUT2D eigenvalue weighted by Gasteiger charge is 2.42. The second kappa shape index (κ2) is 5.78. The maximum atomic E-state index is 12.6. The molecule has 2 aromatic rings. The molecule has 0 unspecified atom stereocenters. The van der Waals surface area contributed by atoms with Crippen LogP contribution in [0.1, 0.15) is 38.3 Å². The number of imide groups is 1. The Balaban J connectivity index is 1.75. The Labute approximate surface area is 154 Å². The third-order valence-electron chi connectivity index (χ3n) is 4.42. The summed E-state index contributed by atoms with van der Waals surface area (Å²) in [5.41, 5.74) is 2.85. The number of hydrogen-bond acceptors (Lipinski definition) is 4. The second-order valence-corrected chi connectivity index (χ2v) is 6.71. The van der Waals surface area contributed by atoms with Gasteiger partial charge in [0.2, 0.25) is 0 Å². The first-order valence-corrected chi connectivity index (χ1v) is 8.41. The number of fused-ring (bicyclic) bond motifs is 1. The SMILES string of the molecule is Cc1cc(C)c(N2N=C(N3C(=O)c4ccccc4C3=O)CC2=O)c(Cl)c1. The van der Waals surface area contributed by atoms with Gasteiger partial charge in [-0.05, 0) is 43.2 Å². The Kier molecular flexibility index (Phi) is 3.66. The lowest BCUT2D eigenvalue weighted by Crippen LogP contribution is -2.35. The van der Waals surface area contributed by atoms with Crippen LogP contribution in [-0.4, -0.2) is 28.5 Å². The molecule has 2 aromatic carbocycles. The topological polar surface area (TPSA) is 70.0 Å². The van der Waals surface area contributed by atoms with E-state index in [9.17, 15) is 14.4 Å². The van der Waals surface area contributed by atoms with Crippen LogP contribution in [0.5, 0.6) is 0 Å². The molecule has 6 nitrogen and oxygen atoms in total. The fraction of sp³-hybridized carbons (Fsp3) is 0.158. The molecule has 26 heavy (non-hydrogen) atoms. The average molecular weight is 368 g/mol. The van der Waals surface area contributed by atoms with Gasteiger partial charge in [-0.15, -0.1) is 0 Å². The number of rotatable bonds is 1. The van der Waals surface area contributed by atoms with Crippen LogP contribution in [0.25, 0.3) is 0 Å². The minimum atomic E-state index is -0.467. The summed E-state index contributed by atoms with van der Waals surface area (Å²) in [6.45, 7) is 3.74. The van der Waals surface area contributed by atoms with Crippen LogP contribution < -0.4 is 5.01 Å². The van der Waals surface area contributed by atoms with E-state index >= 15 is 0 Å². The van der Waals surface area contributed by atoms with Gasteiger partial charge < -0.3 is 0 Å². The summed E-state index contributed by atoms with van der Waals surface area (Å²) < 4.78 is 0. The number of benzene rings is 2. The molecule has 0 spiro atoms. The maximum Gasteiger partial charge on any atom is 0.267 e. The van der Waals surface area contributed by atoms with Gasteiger partial charge in [-0.3, -0.25) is 14.4 Å². The van der Waals surface area contributed by atoms with E-state index in [1.54, 1.807) is 30.3 Å². The average Bonchev–Trinajstić information content (AvgIpc) is 3.06. The predicted octanol–water partition coefficient (Wildman–Crippen LogP) is 3.30. The van der Waals surface area contributed by atoms with Gasteiger partial charge in [0.15, 0.2) is 0 Å². The summed E-state index contributed by atoms with van der Waals surface area (Å²) in [6, 6.07) is 10.2. The van der Waals surface area contributed by atoms with E-state index in [-0.39, 0.29) is 18.2 Å². The standard InChI is InChI=1S/C19H14ClN3O3/c1-10-7-11(2)17(14(20)8-10)23-16(24)9-15(21-23)22-18(25)12-5-3-4-6-13(12)19(22)26/h3-8H,9H2,1-2H3. The first-order valence-electron chi connectivity index (χ1n) is 8.03. The lowest BCUT2D eigenvalue weighted by Gasteiger charge is -2.17. The van der Waals surface area contributed by atoms with Crippen molar-refractivity contribution in [1.29, 1.82) is 0 Å². The van der Waals surface area contributed by atoms with Gasteiger partial charge in [-0.1, -0.05) is 29.8 Å². The van der Waals surface area contributed by atoms with Crippen molar-refractivity contribution < 1.29 is 14.4 Å². The van der Waals surface area contributed by atoms with Gasteiger partial charge in [0, 0.05) is 0 Å². The second-order valence-electron chi connectivity index (χ2n) is 6.30. The first kappa shape index (κ1) is 16.5. The Morgan fingerprint density at radius 3 is 2.19 bits per heavy atom. The number of carbonyl (C=O) groups excluding carboxylic acids is 3. The zero-order valence-electron chi connectivity index (χ0n) is 14.1. The van der Waals surface area contributed by atoms with Crippen LogP contribution in [-0.2, 0) is 4.79 Å². The van der Waals surface area contributed by atoms with Gasteiger partial charge in [0.25, 0.3) is 17.7 Å². The maximum absolute atomic E-state index is 12.6. The van der Waals surface area contributed by atoms with Gasteiger partial charge in [-0.2, -0.15) is 10.1 Å². The molecule has 3 amide bonds. The number of amides is 3. The first-order chi connectivity index (χ1) is 12.4. The Hall–Kier alpha value is -2.99. The third-order valence-corrected chi connectivity index (χ3v) is 4.71. The molecule has 130 valence electrons. The van der Waals surface area contributed by atoms with Crippen LogP contribution in [0.3, 0.4) is 0 Å². The van der Waals surface area contributed by atoms with E-state index in [1.807, 2.05) is 19.9 Å². The monoisotopic (exact) mass is 367 g/mol. The highest BCUT2D eigenvalue weighted by atomic mass is 35.5. The van der Waals surface area contributed by atoms with E-state index in [2.05, 4.69) is 5.10 Å². The molecular weight excluding hydrogens is 354 g/mol. The quantitative estimate of drug-likeness (QED) is 0.726. The van der Waals surface area contributed by atoms with E-state index in [4.69, 9.17) is 11.6 Å². The Bertz CT molecular complexity index is 970. The minimum absolute atomic E-state index is 0.109. The lowest BCUT2D eigenvalue weighted by molar-refractivity contribution is -0.116. The van der Waals surface area contributed by atoms with Crippen LogP contribution in [0.15, 0.2) is 41.5 Å².